The fraction of sp³-hybridized carbons (Fsp3) is 0.583. The Kier molecular flexibility index (Phi) is 4.84. The first-order valence-corrected chi connectivity index (χ1v) is 7.38. The number of aryl methyl sites for hydroxylation is 1. The summed E-state index contributed by atoms with van der Waals surface area (Å²) in [5.74, 6) is 0.753. The predicted octanol–water partition coefficient (Wildman–Crippen LogP) is 0.692. The standard InChI is InChI=1S/C12H17N3O3S/c16-11(2-5-14-4-1-3-13-14)15-6-7-19-9-10(15)8-12(17)18/h1,3-4,10H,2,5-9H2,(H,17,18). The molecule has 1 aliphatic rings. The van der Waals surface area contributed by atoms with E-state index >= 15 is 0 Å². The van der Waals surface area contributed by atoms with Crippen molar-refractivity contribution in [3.63, 3.8) is 0 Å². The lowest BCUT2D eigenvalue weighted by molar-refractivity contribution is -0.140. The number of thioether (sulfide) groups is 1. The molecule has 2 rings (SSSR count). The average Bonchev–Trinajstić information content (AvgIpc) is 2.89. The molecule has 0 saturated carbocycles. The highest BCUT2D eigenvalue weighted by atomic mass is 32.2. The average molecular weight is 283 g/mol. The third kappa shape index (κ3) is 3.99. The van der Waals surface area contributed by atoms with Gasteiger partial charge in [-0.3, -0.25) is 14.3 Å². The van der Waals surface area contributed by atoms with Crippen molar-refractivity contribution in [3.8, 4) is 0 Å². The van der Waals surface area contributed by atoms with E-state index in [1.807, 2.05) is 12.3 Å². The molecule has 19 heavy (non-hydrogen) atoms. The highest BCUT2D eigenvalue weighted by Crippen LogP contribution is 2.20. The van der Waals surface area contributed by atoms with E-state index in [-0.39, 0.29) is 18.4 Å². The minimum atomic E-state index is -0.850. The van der Waals surface area contributed by atoms with E-state index in [2.05, 4.69) is 5.10 Å². The first-order valence-electron chi connectivity index (χ1n) is 6.23. The molecule has 0 aliphatic carbocycles. The third-order valence-electron chi connectivity index (χ3n) is 3.07. The number of carboxylic acid groups (broad SMARTS) is 1. The number of hydrogen-bond acceptors (Lipinski definition) is 4. The molecule has 7 heteroatoms. The summed E-state index contributed by atoms with van der Waals surface area (Å²) in [6, 6.07) is 1.64. The summed E-state index contributed by atoms with van der Waals surface area (Å²) in [6.07, 6.45) is 3.88. The van der Waals surface area contributed by atoms with Gasteiger partial charge in [0.05, 0.1) is 12.5 Å². The molecule has 0 bridgehead atoms. The second-order valence-corrected chi connectivity index (χ2v) is 5.58. The minimum Gasteiger partial charge on any atom is -0.481 e. The molecule has 2 heterocycles. The smallest absolute Gasteiger partial charge is 0.305 e. The van der Waals surface area contributed by atoms with Crippen LogP contribution in [0.4, 0.5) is 0 Å². The number of carbonyl (C=O) groups excluding carboxylic acids is 1. The van der Waals surface area contributed by atoms with E-state index < -0.39 is 5.97 Å². The lowest BCUT2D eigenvalue weighted by Gasteiger charge is -2.34. The molecule has 1 atom stereocenters. The Hall–Kier alpha value is -1.50. The van der Waals surface area contributed by atoms with Crippen molar-refractivity contribution in [1.29, 1.82) is 0 Å². The zero-order valence-electron chi connectivity index (χ0n) is 10.6. The molecule has 104 valence electrons. The Morgan fingerprint density at radius 3 is 3.00 bits per heavy atom. The van der Waals surface area contributed by atoms with Gasteiger partial charge in [0.1, 0.15) is 0 Å². The summed E-state index contributed by atoms with van der Waals surface area (Å²) >= 11 is 1.71. The quantitative estimate of drug-likeness (QED) is 0.860. The number of aromatic nitrogens is 2. The minimum absolute atomic E-state index is 0.0158. The van der Waals surface area contributed by atoms with Crippen molar-refractivity contribution in [2.75, 3.05) is 18.1 Å². The van der Waals surface area contributed by atoms with Gasteiger partial charge in [-0.2, -0.15) is 16.9 Å². The van der Waals surface area contributed by atoms with Gasteiger partial charge in [0.15, 0.2) is 0 Å². The van der Waals surface area contributed by atoms with Crippen molar-refractivity contribution in [2.45, 2.75) is 25.4 Å². The van der Waals surface area contributed by atoms with Gasteiger partial charge >= 0.3 is 5.97 Å². The summed E-state index contributed by atoms with van der Waals surface area (Å²) in [5.41, 5.74) is 0. The second-order valence-electron chi connectivity index (χ2n) is 4.43. The maximum atomic E-state index is 12.2. The van der Waals surface area contributed by atoms with E-state index in [0.717, 1.165) is 5.75 Å². The summed E-state index contributed by atoms with van der Waals surface area (Å²) in [7, 11) is 0. The van der Waals surface area contributed by atoms with Crippen molar-refractivity contribution < 1.29 is 14.7 Å². The molecular formula is C12H17N3O3S. The number of carboxylic acids is 1. The van der Waals surface area contributed by atoms with Crippen LogP contribution in [0.15, 0.2) is 18.5 Å². The molecule has 1 aromatic rings. The Labute approximate surface area is 115 Å². The van der Waals surface area contributed by atoms with Crippen LogP contribution in [-0.4, -0.2) is 55.8 Å². The van der Waals surface area contributed by atoms with Crippen LogP contribution >= 0.6 is 11.8 Å². The number of nitrogens with zero attached hydrogens (tertiary/aromatic N) is 3. The van der Waals surface area contributed by atoms with Crippen LogP contribution in [0.1, 0.15) is 12.8 Å². The van der Waals surface area contributed by atoms with Gasteiger partial charge in [0.2, 0.25) is 5.91 Å². The van der Waals surface area contributed by atoms with Crippen LogP contribution < -0.4 is 0 Å². The van der Waals surface area contributed by atoms with Gasteiger partial charge in [-0.05, 0) is 6.07 Å². The van der Waals surface area contributed by atoms with Gasteiger partial charge in [0.25, 0.3) is 0 Å². The van der Waals surface area contributed by atoms with Crippen LogP contribution in [0.5, 0.6) is 0 Å². The Morgan fingerprint density at radius 2 is 2.32 bits per heavy atom. The molecule has 1 saturated heterocycles. The predicted molar refractivity (Wildman–Crippen MR) is 71.9 cm³/mol. The first-order chi connectivity index (χ1) is 9.16. The molecule has 0 spiro atoms. The molecular weight excluding hydrogens is 266 g/mol. The normalized spacial score (nSPS) is 19.4. The topological polar surface area (TPSA) is 75.4 Å². The monoisotopic (exact) mass is 283 g/mol. The van der Waals surface area contributed by atoms with E-state index in [9.17, 15) is 9.59 Å². The van der Waals surface area contributed by atoms with Crippen molar-refractivity contribution >= 4 is 23.6 Å². The molecule has 1 amide bonds. The summed E-state index contributed by atoms with van der Waals surface area (Å²) in [5, 5.41) is 12.9. The van der Waals surface area contributed by atoms with Gasteiger partial charge in [0, 0.05) is 43.4 Å². The maximum absolute atomic E-state index is 12.2. The fourth-order valence-electron chi connectivity index (χ4n) is 2.14. The van der Waals surface area contributed by atoms with Gasteiger partial charge in [-0.15, -0.1) is 0 Å². The van der Waals surface area contributed by atoms with E-state index in [4.69, 9.17) is 5.11 Å². The SMILES string of the molecule is O=C(O)CC1CSCCN1C(=O)CCn1cccn1. The molecule has 0 radical (unpaired) electrons. The van der Waals surface area contributed by atoms with Crippen molar-refractivity contribution in [1.82, 2.24) is 14.7 Å². The largest absolute Gasteiger partial charge is 0.481 e. The van der Waals surface area contributed by atoms with Crippen LogP contribution in [0.25, 0.3) is 0 Å². The summed E-state index contributed by atoms with van der Waals surface area (Å²) < 4.78 is 1.71. The zero-order valence-corrected chi connectivity index (χ0v) is 11.4. The highest BCUT2D eigenvalue weighted by molar-refractivity contribution is 7.99. The maximum Gasteiger partial charge on any atom is 0.305 e. The van der Waals surface area contributed by atoms with Crippen LogP contribution in [0.2, 0.25) is 0 Å². The van der Waals surface area contributed by atoms with Crippen LogP contribution in [0, 0.1) is 0 Å². The Balaban J connectivity index is 1.89. The lowest BCUT2D eigenvalue weighted by Crippen LogP contribution is -2.47. The number of aliphatic carboxylic acids is 1. The number of carbonyl (C=O) groups is 2. The second kappa shape index (κ2) is 6.60. The van der Waals surface area contributed by atoms with Gasteiger partial charge in [-0.1, -0.05) is 0 Å². The lowest BCUT2D eigenvalue weighted by atomic mass is 10.2. The molecule has 6 nitrogen and oxygen atoms in total. The third-order valence-corrected chi connectivity index (χ3v) is 4.16. The molecule has 1 aliphatic heterocycles. The molecule has 1 unspecified atom stereocenters. The number of amides is 1. The van der Waals surface area contributed by atoms with Crippen LogP contribution in [0.3, 0.4) is 0 Å². The summed E-state index contributed by atoms with van der Waals surface area (Å²) in [4.78, 5) is 24.7. The van der Waals surface area contributed by atoms with Crippen LogP contribution in [-0.2, 0) is 16.1 Å². The summed E-state index contributed by atoms with van der Waals surface area (Å²) in [6.45, 7) is 1.18. The number of hydrogen-bond donors (Lipinski definition) is 1. The van der Waals surface area contributed by atoms with E-state index in [0.29, 0.717) is 25.3 Å². The van der Waals surface area contributed by atoms with Crippen molar-refractivity contribution in [2.24, 2.45) is 0 Å². The first kappa shape index (κ1) is 13.9. The molecule has 1 N–H and O–H groups in total. The molecule has 0 aromatic carbocycles. The fourth-order valence-corrected chi connectivity index (χ4v) is 3.20. The number of rotatable bonds is 5. The van der Waals surface area contributed by atoms with E-state index in [1.165, 1.54) is 0 Å². The Bertz CT molecular complexity index is 435. The molecule has 1 fully saturated rings. The Morgan fingerprint density at radius 1 is 1.47 bits per heavy atom. The van der Waals surface area contributed by atoms with Crippen molar-refractivity contribution in [3.05, 3.63) is 18.5 Å². The zero-order chi connectivity index (χ0) is 13.7. The van der Waals surface area contributed by atoms with Gasteiger partial charge < -0.3 is 10.0 Å². The van der Waals surface area contributed by atoms with E-state index in [1.54, 1.807) is 27.5 Å². The molecule has 1 aromatic heterocycles. The van der Waals surface area contributed by atoms with Gasteiger partial charge in [-0.25, -0.2) is 0 Å². The highest BCUT2D eigenvalue weighted by Gasteiger charge is 2.28.